The fourth-order valence-corrected chi connectivity index (χ4v) is 3.57. The van der Waals surface area contributed by atoms with E-state index in [9.17, 15) is 0 Å². The molecule has 0 N–H and O–H groups in total. The molecule has 1 aliphatic rings. The first kappa shape index (κ1) is 12.8. The highest BCUT2D eigenvalue weighted by Gasteiger charge is 2.20. The Kier molecular flexibility index (Phi) is 3.16. The lowest BCUT2D eigenvalue weighted by Crippen LogP contribution is -1.88. The third kappa shape index (κ3) is 2.13. The Morgan fingerprint density at radius 1 is 0.714 bits per heavy atom. The van der Waals surface area contributed by atoms with Gasteiger partial charge in [-0.2, -0.15) is 0 Å². The van der Waals surface area contributed by atoms with Gasteiger partial charge in [0.1, 0.15) is 0 Å². The molecule has 4 rings (SSSR count). The third-order valence-corrected chi connectivity index (χ3v) is 4.92. The molecule has 1 aliphatic carbocycles. The first-order valence-electron chi connectivity index (χ1n) is 7.22. The van der Waals surface area contributed by atoms with Crippen molar-refractivity contribution >= 4 is 15.9 Å². The average molecular weight is 335 g/mol. The highest BCUT2D eigenvalue weighted by atomic mass is 79.9. The van der Waals surface area contributed by atoms with Crippen molar-refractivity contribution in [2.24, 2.45) is 0 Å². The summed E-state index contributed by atoms with van der Waals surface area (Å²) >= 11 is 3.51. The summed E-state index contributed by atoms with van der Waals surface area (Å²) < 4.78 is 0. The maximum absolute atomic E-state index is 3.51. The number of alkyl halides is 1. The molecule has 21 heavy (non-hydrogen) atoms. The predicted molar refractivity (Wildman–Crippen MR) is 92.8 cm³/mol. The minimum Gasteiger partial charge on any atom is -0.0876 e. The largest absolute Gasteiger partial charge is 0.0876 e. The van der Waals surface area contributed by atoms with Crippen LogP contribution in [0.1, 0.15) is 16.7 Å². The number of benzene rings is 3. The summed E-state index contributed by atoms with van der Waals surface area (Å²) in [4.78, 5) is 0. The molecule has 0 radical (unpaired) electrons. The number of hydrogen-bond acceptors (Lipinski definition) is 0. The quantitative estimate of drug-likeness (QED) is 0.405. The van der Waals surface area contributed by atoms with Gasteiger partial charge in [-0.05, 0) is 45.4 Å². The molecule has 0 nitrogen and oxygen atoms in total. The highest BCUT2D eigenvalue weighted by Crippen LogP contribution is 2.41. The smallest absolute Gasteiger partial charge is 0.0283 e. The van der Waals surface area contributed by atoms with E-state index in [1.165, 1.54) is 38.9 Å². The van der Waals surface area contributed by atoms with Gasteiger partial charge in [-0.1, -0.05) is 82.7 Å². The van der Waals surface area contributed by atoms with Crippen molar-refractivity contribution < 1.29 is 0 Å². The summed E-state index contributed by atoms with van der Waals surface area (Å²) in [5, 5.41) is 0.908. The summed E-state index contributed by atoms with van der Waals surface area (Å²) in [6.45, 7) is 0. The van der Waals surface area contributed by atoms with E-state index in [2.05, 4.69) is 82.7 Å². The average Bonchev–Trinajstić information content (AvgIpc) is 2.94. The molecule has 0 saturated carbocycles. The van der Waals surface area contributed by atoms with Gasteiger partial charge in [-0.25, -0.2) is 0 Å². The van der Waals surface area contributed by atoms with Crippen LogP contribution in [0.4, 0.5) is 0 Å². The summed E-state index contributed by atoms with van der Waals surface area (Å²) in [6, 6.07) is 24.3. The van der Waals surface area contributed by atoms with Crippen molar-refractivity contribution in [2.75, 3.05) is 0 Å². The van der Waals surface area contributed by atoms with Crippen LogP contribution in [-0.4, -0.2) is 0 Å². The predicted octanol–water partition coefficient (Wildman–Crippen LogP) is 5.82. The van der Waals surface area contributed by atoms with E-state index in [1.807, 2.05) is 0 Å². The first-order chi connectivity index (χ1) is 10.4. The minimum absolute atomic E-state index is 0.908. The molecule has 0 spiro atoms. The zero-order chi connectivity index (χ0) is 14.2. The van der Waals surface area contributed by atoms with Crippen LogP contribution in [0, 0.1) is 0 Å². The van der Waals surface area contributed by atoms with Crippen molar-refractivity contribution in [1.29, 1.82) is 0 Å². The highest BCUT2D eigenvalue weighted by molar-refractivity contribution is 9.08. The topological polar surface area (TPSA) is 0 Å². The summed E-state index contributed by atoms with van der Waals surface area (Å²) in [5.74, 6) is 0. The molecule has 0 atom stereocenters. The first-order valence-corrected chi connectivity index (χ1v) is 8.34. The number of rotatable bonds is 2. The normalized spacial score (nSPS) is 12.0. The Balaban J connectivity index is 1.85. The maximum atomic E-state index is 3.51. The summed E-state index contributed by atoms with van der Waals surface area (Å²) in [7, 11) is 0. The molecule has 0 aliphatic heterocycles. The second-order valence-corrected chi connectivity index (χ2v) is 6.06. The second kappa shape index (κ2) is 5.16. The number of halogens is 1. The van der Waals surface area contributed by atoms with Gasteiger partial charge in [-0.3, -0.25) is 0 Å². The zero-order valence-corrected chi connectivity index (χ0v) is 13.2. The van der Waals surface area contributed by atoms with E-state index >= 15 is 0 Å². The van der Waals surface area contributed by atoms with Crippen LogP contribution in [0.15, 0.2) is 66.7 Å². The fourth-order valence-electron chi connectivity index (χ4n) is 3.20. The minimum atomic E-state index is 0.908. The van der Waals surface area contributed by atoms with Crippen molar-refractivity contribution in [3.05, 3.63) is 83.4 Å². The standard InChI is InChI=1S/C20H15Br/c21-13-14-8-10-15(11-9-14)17-6-3-7-19-18-5-2-1-4-16(18)12-20(17)19/h1-11H,12-13H2. The van der Waals surface area contributed by atoms with Crippen LogP contribution in [-0.2, 0) is 11.8 Å². The maximum Gasteiger partial charge on any atom is 0.0283 e. The Labute approximate surface area is 133 Å². The molecule has 3 aromatic rings. The second-order valence-electron chi connectivity index (χ2n) is 5.50. The molecule has 0 amide bonds. The van der Waals surface area contributed by atoms with E-state index in [-0.39, 0.29) is 0 Å². The molecule has 0 bridgehead atoms. The SMILES string of the molecule is BrCc1ccc(-c2cccc3c2Cc2ccccc2-3)cc1. The van der Waals surface area contributed by atoms with Crippen molar-refractivity contribution in [1.82, 2.24) is 0 Å². The van der Waals surface area contributed by atoms with Gasteiger partial charge in [0.25, 0.3) is 0 Å². The summed E-state index contributed by atoms with van der Waals surface area (Å²) in [6.07, 6.45) is 1.04. The van der Waals surface area contributed by atoms with Crippen molar-refractivity contribution in [3.63, 3.8) is 0 Å². The van der Waals surface area contributed by atoms with Gasteiger partial charge in [0.05, 0.1) is 0 Å². The van der Waals surface area contributed by atoms with Crippen molar-refractivity contribution in [2.45, 2.75) is 11.8 Å². The third-order valence-electron chi connectivity index (χ3n) is 4.27. The monoisotopic (exact) mass is 334 g/mol. The van der Waals surface area contributed by atoms with Crippen LogP contribution >= 0.6 is 15.9 Å². The van der Waals surface area contributed by atoms with E-state index in [0.717, 1.165) is 11.8 Å². The Morgan fingerprint density at radius 3 is 2.24 bits per heavy atom. The molecular formula is C20H15Br. The molecule has 102 valence electrons. The van der Waals surface area contributed by atoms with Crippen LogP contribution < -0.4 is 0 Å². The van der Waals surface area contributed by atoms with Crippen molar-refractivity contribution in [3.8, 4) is 22.3 Å². The molecule has 3 aromatic carbocycles. The van der Waals surface area contributed by atoms with Gasteiger partial charge < -0.3 is 0 Å². The molecule has 0 unspecified atom stereocenters. The van der Waals surface area contributed by atoms with Gasteiger partial charge in [-0.15, -0.1) is 0 Å². The van der Waals surface area contributed by atoms with E-state index in [4.69, 9.17) is 0 Å². The van der Waals surface area contributed by atoms with Crippen LogP contribution in [0.3, 0.4) is 0 Å². The Hall–Kier alpha value is -1.86. The number of hydrogen-bond donors (Lipinski definition) is 0. The lowest BCUT2D eigenvalue weighted by Gasteiger charge is -2.09. The van der Waals surface area contributed by atoms with Gasteiger partial charge in [0, 0.05) is 5.33 Å². The Morgan fingerprint density at radius 2 is 1.43 bits per heavy atom. The van der Waals surface area contributed by atoms with E-state index in [1.54, 1.807) is 0 Å². The van der Waals surface area contributed by atoms with Crippen LogP contribution in [0.25, 0.3) is 22.3 Å². The van der Waals surface area contributed by atoms with Gasteiger partial charge in [0.2, 0.25) is 0 Å². The fraction of sp³-hybridized carbons (Fsp3) is 0.100. The van der Waals surface area contributed by atoms with Crippen LogP contribution in [0.5, 0.6) is 0 Å². The van der Waals surface area contributed by atoms with Gasteiger partial charge >= 0.3 is 0 Å². The molecule has 0 heterocycles. The van der Waals surface area contributed by atoms with Gasteiger partial charge in [0.15, 0.2) is 0 Å². The van der Waals surface area contributed by atoms with E-state index < -0.39 is 0 Å². The number of fused-ring (bicyclic) bond motifs is 3. The molecule has 0 saturated heterocycles. The molecular weight excluding hydrogens is 320 g/mol. The lowest BCUT2D eigenvalue weighted by molar-refractivity contribution is 1.26. The lowest BCUT2D eigenvalue weighted by atomic mass is 9.95. The summed E-state index contributed by atoms with van der Waals surface area (Å²) in [5.41, 5.74) is 9.69. The molecule has 0 fully saturated rings. The zero-order valence-electron chi connectivity index (χ0n) is 11.6. The van der Waals surface area contributed by atoms with E-state index in [0.29, 0.717) is 0 Å². The molecule has 1 heteroatoms. The van der Waals surface area contributed by atoms with Crippen LogP contribution in [0.2, 0.25) is 0 Å². The Bertz CT molecular complexity index is 800. The molecule has 0 aromatic heterocycles.